The fraction of sp³-hybridized carbons (Fsp3) is 0.290. The summed E-state index contributed by atoms with van der Waals surface area (Å²) in [5, 5.41) is 12.9. The minimum absolute atomic E-state index is 0.159. The maximum absolute atomic E-state index is 14.4. The van der Waals surface area contributed by atoms with E-state index in [1.807, 2.05) is 29.2 Å². The molecule has 2 unspecified atom stereocenters. The average molecular weight is 570 g/mol. The van der Waals surface area contributed by atoms with Crippen molar-refractivity contribution in [3.05, 3.63) is 95.1 Å². The first-order valence-electron chi connectivity index (χ1n) is 13.5. The Balaban J connectivity index is 1.05. The quantitative estimate of drug-likeness (QED) is 0.437. The standard InChI is InChI=1S/C31H28FN5O3S/c1-19-5-8-27(30(38)35-19)37-17-24-23(31(37)39)3-2-4-28(24)40-18-21-7-10-29(34-15-21)41-22-11-12-36(16-22)26-9-6-20(14-33)13-25(26)32/h2-4,6-7,9-10,13,15,22,27H,1,5,8,11-12,16-18H2,(H,35,38). The molecule has 1 N–H and O–H groups in total. The molecule has 3 aromatic rings. The van der Waals surface area contributed by atoms with Crippen molar-refractivity contribution in [2.24, 2.45) is 0 Å². The molecule has 208 valence electrons. The Hall–Kier alpha value is -4.36. The highest BCUT2D eigenvalue weighted by atomic mass is 32.2. The molecule has 4 heterocycles. The Bertz CT molecular complexity index is 1570. The number of aromatic nitrogens is 1. The van der Waals surface area contributed by atoms with E-state index in [2.05, 4.69) is 16.9 Å². The fourth-order valence-corrected chi connectivity index (χ4v) is 6.63. The minimum Gasteiger partial charge on any atom is -0.488 e. The summed E-state index contributed by atoms with van der Waals surface area (Å²) in [7, 11) is 0. The molecule has 10 heteroatoms. The van der Waals surface area contributed by atoms with Crippen LogP contribution in [0.15, 0.2) is 72.0 Å². The highest BCUT2D eigenvalue weighted by Crippen LogP contribution is 2.35. The van der Waals surface area contributed by atoms with E-state index >= 15 is 0 Å². The van der Waals surface area contributed by atoms with Gasteiger partial charge in [0, 0.05) is 46.9 Å². The van der Waals surface area contributed by atoms with Gasteiger partial charge in [-0.25, -0.2) is 9.37 Å². The minimum atomic E-state index is -0.516. The lowest BCUT2D eigenvalue weighted by Crippen LogP contribution is -2.49. The van der Waals surface area contributed by atoms with Gasteiger partial charge in [0.15, 0.2) is 0 Å². The van der Waals surface area contributed by atoms with Crippen molar-refractivity contribution in [1.82, 2.24) is 15.2 Å². The molecule has 0 radical (unpaired) electrons. The SMILES string of the molecule is C=C1CCC(N2Cc3c(OCc4ccc(SC5CCN(c6ccc(C#N)cc6F)C5)nc4)cccc3C2=O)C(=O)N1. The topological polar surface area (TPSA) is 98.6 Å². The van der Waals surface area contributed by atoms with E-state index in [1.54, 1.807) is 47.1 Å². The Kier molecular flexibility index (Phi) is 7.37. The summed E-state index contributed by atoms with van der Waals surface area (Å²) < 4.78 is 20.6. The summed E-state index contributed by atoms with van der Waals surface area (Å²) >= 11 is 1.67. The monoisotopic (exact) mass is 569 g/mol. The third-order valence-corrected chi connectivity index (χ3v) is 8.89. The number of benzene rings is 2. The summed E-state index contributed by atoms with van der Waals surface area (Å²) in [6.07, 6.45) is 3.90. The van der Waals surface area contributed by atoms with Crippen LogP contribution in [-0.4, -0.2) is 46.1 Å². The molecule has 0 bridgehead atoms. The van der Waals surface area contributed by atoms with Crippen LogP contribution in [0.5, 0.6) is 5.75 Å². The number of rotatable bonds is 7. The number of nitrogens with one attached hydrogen (secondary N) is 1. The second-order valence-corrected chi connectivity index (χ2v) is 11.7. The zero-order chi connectivity index (χ0) is 28.5. The van der Waals surface area contributed by atoms with Gasteiger partial charge in [0.05, 0.1) is 28.9 Å². The number of carbonyl (C=O) groups excluding carboxylic acids is 2. The molecule has 2 amide bonds. The number of nitrogens with zero attached hydrogens (tertiary/aromatic N) is 4. The smallest absolute Gasteiger partial charge is 0.255 e. The van der Waals surface area contributed by atoms with E-state index in [0.29, 0.717) is 60.8 Å². The molecule has 2 atom stereocenters. The Morgan fingerprint density at radius 2 is 2.07 bits per heavy atom. The average Bonchev–Trinajstić information content (AvgIpc) is 3.57. The van der Waals surface area contributed by atoms with E-state index in [9.17, 15) is 14.0 Å². The number of fused-ring (bicyclic) bond motifs is 1. The van der Waals surface area contributed by atoms with E-state index in [4.69, 9.17) is 10.00 Å². The zero-order valence-corrected chi connectivity index (χ0v) is 23.1. The van der Waals surface area contributed by atoms with Crippen molar-refractivity contribution in [2.45, 2.75) is 48.7 Å². The van der Waals surface area contributed by atoms with Gasteiger partial charge in [-0.05, 0) is 55.7 Å². The number of halogens is 1. The van der Waals surface area contributed by atoms with E-state index in [-0.39, 0.29) is 22.9 Å². The van der Waals surface area contributed by atoms with E-state index in [0.717, 1.165) is 29.1 Å². The number of piperidine rings is 1. The molecule has 6 rings (SSSR count). The van der Waals surface area contributed by atoms with Gasteiger partial charge in [-0.15, -0.1) is 11.8 Å². The largest absolute Gasteiger partial charge is 0.488 e. The lowest BCUT2D eigenvalue weighted by Gasteiger charge is -2.31. The van der Waals surface area contributed by atoms with Crippen LogP contribution in [-0.2, 0) is 17.9 Å². The van der Waals surface area contributed by atoms with E-state index < -0.39 is 6.04 Å². The molecule has 2 fully saturated rings. The van der Waals surface area contributed by atoms with Gasteiger partial charge in [0.2, 0.25) is 5.91 Å². The fourth-order valence-electron chi connectivity index (χ4n) is 5.55. The lowest BCUT2D eigenvalue weighted by molar-refractivity contribution is -0.126. The first kappa shape index (κ1) is 26.8. The second kappa shape index (κ2) is 11.3. The number of amides is 2. The molecular formula is C31H28FN5O3S. The predicted molar refractivity (Wildman–Crippen MR) is 153 cm³/mol. The molecule has 1 aromatic heterocycles. The summed E-state index contributed by atoms with van der Waals surface area (Å²) in [5.74, 6) is -0.100. The van der Waals surface area contributed by atoms with Gasteiger partial charge < -0.3 is 19.9 Å². The van der Waals surface area contributed by atoms with Gasteiger partial charge in [0.1, 0.15) is 24.2 Å². The van der Waals surface area contributed by atoms with Crippen molar-refractivity contribution in [2.75, 3.05) is 18.0 Å². The van der Waals surface area contributed by atoms with Crippen molar-refractivity contribution < 1.29 is 18.7 Å². The number of nitriles is 1. The molecule has 0 spiro atoms. The summed E-state index contributed by atoms with van der Waals surface area (Å²) in [5.41, 5.74) is 3.78. The van der Waals surface area contributed by atoms with Crippen LogP contribution in [0.3, 0.4) is 0 Å². The number of anilines is 1. The number of carbonyl (C=O) groups is 2. The molecule has 2 aromatic carbocycles. The molecular weight excluding hydrogens is 541 g/mol. The number of pyridine rings is 1. The first-order chi connectivity index (χ1) is 19.9. The number of hydrogen-bond acceptors (Lipinski definition) is 7. The van der Waals surface area contributed by atoms with Crippen molar-refractivity contribution in [1.29, 1.82) is 5.26 Å². The highest BCUT2D eigenvalue weighted by Gasteiger charge is 2.39. The van der Waals surface area contributed by atoms with Gasteiger partial charge >= 0.3 is 0 Å². The normalized spacial score (nSPS) is 20.1. The van der Waals surface area contributed by atoms with Crippen LogP contribution < -0.4 is 15.0 Å². The van der Waals surface area contributed by atoms with Gasteiger partial charge in [-0.3, -0.25) is 9.59 Å². The third-order valence-electron chi connectivity index (χ3n) is 7.69. The molecule has 41 heavy (non-hydrogen) atoms. The van der Waals surface area contributed by atoms with Gasteiger partial charge in [-0.1, -0.05) is 18.7 Å². The maximum Gasteiger partial charge on any atom is 0.255 e. The van der Waals surface area contributed by atoms with Crippen LogP contribution in [0.4, 0.5) is 10.1 Å². The summed E-state index contributed by atoms with van der Waals surface area (Å²) in [4.78, 5) is 33.8. The number of ether oxygens (including phenoxy) is 1. The van der Waals surface area contributed by atoms with Crippen LogP contribution in [0.25, 0.3) is 0 Å². The predicted octanol–water partition coefficient (Wildman–Crippen LogP) is 4.79. The van der Waals surface area contributed by atoms with Crippen LogP contribution in [0.2, 0.25) is 0 Å². The Morgan fingerprint density at radius 1 is 1.20 bits per heavy atom. The second-order valence-electron chi connectivity index (χ2n) is 10.4. The van der Waals surface area contributed by atoms with Crippen LogP contribution in [0.1, 0.15) is 46.3 Å². The summed E-state index contributed by atoms with van der Waals surface area (Å²) in [6.45, 7) is 5.89. The van der Waals surface area contributed by atoms with Gasteiger partial charge in [0.25, 0.3) is 5.91 Å². The summed E-state index contributed by atoms with van der Waals surface area (Å²) in [6, 6.07) is 15.4. The highest BCUT2D eigenvalue weighted by molar-refractivity contribution is 7.99. The van der Waals surface area contributed by atoms with Gasteiger partial charge in [-0.2, -0.15) is 5.26 Å². The lowest BCUT2D eigenvalue weighted by atomic mass is 10.0. The molecule has 2 saturated heterocycles. The number of allylic oxidation sites excluding steroid dienone is 1. The molecule has 3 aliphatic heterocycles. The third kappa shape index (κ3) is 5.50. The molecule has 0 saturated carbocycles. The Labute approximate surface area is 241 Å². The molecule has 3 aliphatic rings. The number of thioether (sulfide) groups is 1. The van der Waals surface area contributed by atoms with Crippen molar-refractivity contribution >= 4 is 29.3 Å². The maximum atomic E-state index is 14.4. The van der Waals surface area contributed by atoms with Crippen LogP contribution in [0, 0.1) is 17.1 Å². The van der Waals surface area contributed by atoms with Crippen LogP contribution >= 0.6 is 11.8 Å². The Morgan fingerprint density at radius 3 is 2.83 bits per heavy atom. The van der Waals surface area contributed by atoms with E-state index in [1.165, 1.54) is 6.07 Å². The van der Waals surface area contributed by atoms with Crippen molar-refractivity contribution in [3.63, 3.8) is 0 Å². The molecule has 0 aliphatic carbocycles. The zero-order valence-electron chi connectivity index (χ0n) is 22.3. The first-order valence-corrected chi connectivity index (χ1v) is 14.4. The number of hydrogen-bond donors (Lipinski definition) is 1. The van der Waals surface area contributed by atoms with Crippen molar-refractivity contribution in [3.8, 4) is 11.8 Å². The molecule has 8 nitrogen and oxygen atoms in total.